The first-order valence-electron chi connectivity index (χ1n) is 5.56. The summed E-state index contributed by atoms with van der Waals surface area (Å²) in [5.41, 5.74) is 0.914. The maximum atomic E-state index is 13.1. The molecule has 1 nitrogen and oxygen atoms in total. The van der Waals surface area contributed by atoms with Gasteiger partial charge in [-0.2, -0.15) is 0 Å². The summed E-state index contributed by atoms with van der Waals surface area (Å²) in [4.78, 5) is 10.8. The molecule has 0 heterocycles. The minimum absolute atomic E-state index is 0.0427. The van der Waals surface area contributed by atoms with E-state index < -0.39 is 12.3 Å². The van der Waals surface area contributed by atoms with E-state index in [9.17, 15) is 13.6 Å². The third-order valence-corrected chi connectivity index (χ3v) is 3.41. The molecule has 2 rings (SSSR count). The van der Waals surface area contributed by atoms with E-state index in [0.717, 1.165) is 19.3 Å². The first-order valence-corrected chi connectivity index (χ1v) is 5.56. The van der Waals surface area contributed by atoms with Crippen molar-refractivity contribution in [2.24, 2.45) is 5.92 Å². The van der Waals surface area contributed by atoms with Gasteiger partial charge in [-0.3, -0.25) is 4.79 Å². The van der Waals surface area contributed by atoms with E-state index in [-0.39, 0.29) is 5.92 Å². The van der Waals surface area contributed by atoms with Gasteiger partial charge < -0.3 is 0 Å². The highest BCUT2D eigenvalue weighted by Gasteiger charge is 2.35. The fourth-order valence-electron chi connectivity index (χ4n) is 2.32. The molecule has 0 spiro atoms. The molecule has 86 valence electrons. The van der Waals surface area contributed by atoms with Gasteiger partial charge in [-0.25, -0.2) is 8.78 Å². The van der Waals surface area contributed by atoms with Gasteiger partial charge in [0.1, 0.15) is 6.29 Å². The van der Waals surface area contributed by atoms with E-state index in [2.05, 4.69) is 0 Å². The van der Waals surface area contributed by atoms with Gasteiger partial charge in [0.15, 0.2) is 0 Å². The normalized spacial score (nSPS) is 18.2. The Kier molecular flexibility index (Phi) is 3.32. The largest absolute Gasteiger partial charge is 0.298 e. The number of halogens is 2. The molecule has 1 aromatic rings. The van der Waals surface area contributed by atoms with Crippen molar-refractivity contribution in [3.05, 3.63) is 35.4 Å². The summed E-state index contributed by atoms with van der Waals surface area (Å²) in [5, 5.41) is 0. The molecule has 1 aliphatic carbocycles. The van der Waals surface area contributed by atoms with Crippen LogP contribution in [0, 0.1) is 5.92 Å². The molecule has 3 heteroatoms. The summed E-state index contributed by atoms with van der Waals surface area (Å²) in [6.45, 7) is 0. The molecule has 0 bridgehead atoms. The van der Waals surface area contributed by atoms with Gasteiger partial charge in [0.05, 0.1) is 0 Å². The molecule has 1 unspecified atom stereocenters. The number of hydrogen-bond acceptors (Lipinski definition) is 1. The highest BCUT2D eigenvalue weighted by Crippen LogP contribution is 2.43. The minimum Gasteiger partial charge on any atom is -0.298 e. The molecule has 0 saturated heterocycles. The van der Waals surface area contributed by atoms with Gasteiger partial charge in [-0.15, -0.1) is 0 Å². The zero-order valence-electron chi connectivity index (χ0n) is 8.90. The van der Waals surface area contributed by atoms with E-state index in [1.165, 1.54) is 0 Å². The molecule has 1 atom stereocenters. The second-order valence-electron chi connectivity index (χ2n) is 4.30. The average Bonchev–Trinajstić information content (AvgIpc) is 2.22. The second-order valence-corrected chi connectivity index (χ2v) is 4.30. The lowest BCUT2D eigenvalue weighted by molar-refractivity contribution is 0.0614. The predicted molar refractivity (Wildman–Crippen MR) is 57.9 cm³/mol. The quantitative estimate of drug-likeness (QED) is 0.713. The maximum absolute atomic E-state index is 13.1. The van der Waals surface area contributed by atoms with Crippen LogP contribution >= 0.6 is 0 Å². The monoisotopic (exact) mass is 224 g/mol. The van der Waals surface area contributed by atoms with E-state index in [1.54, 1.807) is 24.3 Å². The molecule has 0 N–H and O–H groups in total. The fraction of sp³-hybridized carbons (Fsp3) is 0.462. The van der Waals surface area contributed by atoms with Gasteiger partial charge in [0, 0.05) is 11.5 Å². The molecule has 16 heavy (non-hydrogen) atoms. The molecule has 1 fully saturated rings. The Morgan fingerprint density at radius 1 is 1.25 bits per heavy atom. The van der Waals surface area contributed by atoms with Gasteiger partial charge in [0.2, 0.25) is 6.43 Å². The Bertz CT molecular complexity index is 372. The third-order valence-electron chi connectivity index (χ3n) is 3.41. The Hall–Kier alpha value is -1.25. The van der Waals surface area contributed by atoms with Crippen LogP contribution in [-0.2, 0) is 0 Å². The lowest BCUT2D eigenvalue weighted by Crippen LogP contribution is -2.26. The summed E-state index contributed by atoms with van der Waals surface area (Å²) in [6.07, 6.45) is 1.01. The minimum atomic E-state index is -2.38. The van der Waals surface area contributed by atoms with Crippen LogP contribution in [0.15, 0.2) is 24.3 Å². The first-order chi connectivity index (χ1) is 7.74. The van der Waals surface area contributed by atoms with Crippen molar-refractivity contribution < 1.29 is 13.6 Å². The van der Waals surface area contributed by atoms with Gasteiger partial charge in [-0.1, -0.05) is 30.7 Å². The molecule has 0 radical (unpaired) electrons. The molecular weight excluding hydrogens is 210 g/mol. The molecule has 0 aromatic heterocycles. The predicted octanol–water partition coefficient (Wildman–Crippen LogP) is 3.65. The maximum Gasteiger partial charge on any atom is 0.245 e. The molecule has 1 aromatic carbocycles. The summed E-state index contributed by atoms with van der Waals surface area (Å²) in [7, 11) is 0. The number of carbonyl (C=O) groups excluding carboxylic acids is 1. The number of hydrogen-bond donors (Lipinski definition) is 0. The number of alkyl halides is 2. The fourth-order valence-corrected chi connectivity index (χ4v) is 2.32. The van der Waals surface area contributed by atoms with Gasteiger partial charge in [0.25, 0.3) is 0 Å². The Labute approximate surface area is 93.5 Å². The van der Waals surface area contributed by atoms with E-state index in [0.29, 0.717) is 17.4 Å². The number of benzene rings is 1. The van der Waals surface area contributed by atoms with Crippen molar-refractivity contribution >= 4 is 6.29 Å². The zero-order valence-corrected chi connectivity index (χ0v) is 8.90. The molecule has 0 aliphatic heterocycles. The second kappa shape index (κ2) is 4.73. The van der Waals surface area contributed by atoms with Crippen LogP contribution in [0.5, 0.6) is 0 Å². The number of aldehydes is 1. The van der Waals surface area contributed by atoms with E-state index >= 15 is 0 Å². The van der Waals surface area contributed by atoms with Crippen molar-refractivity contribution in [1.29, 1.82) is 0 Å². The highest BCUT2D eigenvalue weighted by atomic mass is 19.3. The van der Waals surface area contributed by atoms with Crippen molar-refractivity contribution in [3.8, 4) is 0 Å². The van der Waals surface area contributed by atoms with Crippen LogP contribution in [0.25, 0.3) is 0 Å². The standard InChI is InChI=1S/C13H14F2O/c14-13(15)12(9-5-3-6-9)11-7-2-1-4-10(11)8-16/h1-2,4,7-9,12-13H,3,5-6H2. The van der Waals surface area contributed by atoms with E-state index in [4.69, 9.17) is 0 Å². The number of rotatable bonds is 4. The summed E-state index contributed by atoms with van der Waals surface area (Å²) in [5.74, 6) is -0.726. The highest BCUT2D eigenvalue weighted by molar-refractivity contribution is 5.77. The van der Waals surface area contributed by atoms with Crippen molar-refractivity contribution in [1.82, 2.24) is 0 Å². The molecule has 1 aliphatic rings. The SMILES string of the molecule is O=Cc1ccccc1C(C(F)F)C1CCC1. The summed E-state index contributed by atoms with van der Waals surface area (Å²) >= 11 is 0. The van der Waals surface area contributed by atoms with Crippen molar-refractivity contribution in [3.63, 3.8) is 0 Å². The van der Waals surface area contributed by atoms with Crippen molar-refractivity contribution in [2.75, 3.05) is 0 Å². The zero-order chi connectivity index (χ0) is 11.5. The first kappa shape index (κ1) is 11.2. The van der Waals surface area contributed by atoms with Crippen LogP contribution in [-0.4, -0.2) is 12.7 Å². The van der Waals surface area contributed by atoms with E-state index in [1.807, 2.05) is 0 Å². The number of carbonyl (C=O) groups is 1. The summed E-state index contributed by atoms with van der Waals surface area (Å²) in [6, 6.07) is 6.68. The van der Waals surface area contributed by atoms with Crippen LogP contribution in [0.4, 0.5) is 8.78 Å². The van der Waals surface area contributed by atoms with Crippen LogP contribution in [0.3, 0.4) is 0 Å². The molecule has 1 saturated carbocycles. The Morgan fingerprint density at radius 2 is 1.94 bits per heavy atom. The third kappa shape index (κ3) is 1.99. The lowest BCUT2D eigenvalue weighted by atomic mass is 9.72. The van der Waals surface area contributed by atoms with Gasteiger partial charge in [-0.05, 0) is 24.3 Å². The van der Waals surface area contributed by atoms with Gasteiger partial charge >= 0.3 is 0 Å². The van der Waals surface area contributed by atoms with Crippen LogP contribution < -0.4 is 0 Å². The Balaban J connectivity index is 2.33. The summed E-state index contributed by atoms with van der Waals surface area (Å²) < 4.78 is 26.1. The lowest BCUT2D eigenvalue weighted by Gasteiger charge is -2.34. The smallest absolute Gasteiger partial charge is 0.245 e. The van der Waals surface area contributed by atoms with Crippen molar-refractivity contribution in [2.45, 2.75) is 31.6 Å². The molecular formula is C13H14F2O. The molecule has 0 amide bonds. The topological polar surface area (TPSA) is 17.1 Å². The van der Waals surface area contributed by atoms with Crippen LogP contribution in [0.2, 0.25) is 0 Å². The Morgan fingerprint density at radius 3 is 2.44 bits per heavy atom. The van der Waals surface area contributed by atoms with Crippen LogP contribution in [0.1, 0.15) is 41.1 Å². The average molecular weight is 224 g/mol.